The second-order valence-corrected chi connectivity index (χ2v) is 8.57. The minimum atomic E-state index is -4.17. The van der Waals surface area contributed by atoms with Crippen LogP contribution in [0.3, 0.4) is 0 Å². The van der Waals surface area contributed by atoms with Gasteiger partial charge in [0.1, 0.15) is 11.6 Å². The van der Waals surface area contributed by atoms with Gasteiger partial charge in [0.15, 0.2) is 5.72 Å². The van der Waals surface area contributed by atoms with E-state index >= 15 is 0 Å². The van der Waals surface area contributed by atoms with E-state index in [0.717, 1.165) is 18.6 Å². The first-order chi connectivity index (χ1) is 15.5. The third-order valence-corrected chi connectivity index (χ3v) is 5.84. The summed E-state index contributed by atoms with van der Waals surface area (Å²) in [7, 11) is 0. The van der Waals surface area contributed by atoms with Crippen molar-refractivity contribution in [1.82, 2.24) is 10.4 Å². The average Bonchev–Trinajstić information content (AvgIpc) is 2.75. The van der Waals surface area contributed by atoms with Crippen LogP contribution in [0.25, 0.3) is 0 Å². The Morgan fingerprint density at radius 1 is 1.06 bits per heavy atom. The summed E-state index contributed by atoms with van der Waals surface area (Å²) >= 11 is 4.79. The van der Waals surface area contributed by atoms with E-state index < -0.39 is 46.0 Å². The van der Waals surface area contributed by atoms with Gasteiger partial charge in [-0.3, -0.25) is 0 Å². The monoisotopic (exact) mass is 495 g/mol. The van der Waals surface area contributed by atoms with Gasteiger partial charge in [0.25, 0.3) is 0 Å². The minimum absolute atomic E-state index is 0.0709. The van der Waals surface area contributed by atoms with Crippen LogP contribution in [-0.4, -0.2) is 46.9 Å². The zero-order valence-corrected chi connectivity index (χ0v) is 18.2. The topological polar surface area (TPSA) is 97.3 Å². The lowest BCUT2D eigenvalue weighted by Crippen LogP contribution is -2.61. The standard InChI is InChI=1S/C20H22ClF4N3O5/c21-20(24,25)17(30)33-18(6-2-1-3-7-18)26-28-10-8-19(27-31,9-11-28)32-16(29)14-5-4-13(22)12-15(14)23/h4-5,12,26H,1-3,6-11H2. The van der Waals surface area contributed by atoms with Gasteiger partial charge in [-0.05, 0) is 41.8 Å². The minimum Gasteiger partial charge on any atom is -0.437 e. The first kappa shape index (κ1) is 25.3. The third kappa shape index (κ3) is 6.18. The second kappa shape index (κ2) is 9.90. The van der Waals surface area contributed by atoms with Crippen LogP contribution in [0.4, 0.5) is 17.6 Å². The molecule has 0 atom stereocenters. The van der Waals surface area contributed by atoms with Crippen LogP contribution in [0.5, 0.6) is 0 Å². The zero-order valence-electron chi connectivity index (χ0n) is 17.4. The number of nitrogens with one attached hydrogen (secondary N) is 1. The smallest absolute Gasteiger partial charge is 0.418 e. The molecular formula is C20H22ClF4N3O5. The maximum Gasteiger partial charge on any atom is 0.418 e. The molecule has 1 aliphatic heterocycles. The lowest BCUT2D eigenvalue weighted by atomic mass is 9.91. The number of piperidine rings is 1. The highest BCUT2D eigenvalue weighted by atomic mass is 35.5. The predicted octanol–water partition coefficient (Wildman–Crippen LogP) is 4.22. The summed E-state index contributed by atoms with van der Waals surface area (Å²) in [5, 5.41) is 0.309. The summed E-state index contributed by atoms with van der Waals surface area (Å²) in [6.45, 7) is 0.142. The number of carbonyl (C=O) groups is 2. The molecule has 0 spiro atoms. The van der Waals surface area contributed by atoms with E-state index in [1.807, 2.05) is 0 Å². The Morgan fingerprint density at radius 3 is 2.24 bits per heavy atom. The maximum absolute atomic E-state index is 13.9. The lowest BCUT2D eigenvalue weighted by Gasteiger charge is -2.44. The van der Waals surface area contributed by atoms with E-state index in [-0.39, 0.29) is 38.8 Å². The molecule has 2 aliphatic rings. The Labute approximate surface area is 191 Å². The molecule has 33 heavy (non-hydrogen) atoms. The summed E-state index contributed by atoms with van der Waals surface area (Å²) in [4.78, 5) is 35.5. The molecule has 0 unspecified atom stereocenters. The largest absolute Gasteiger partial charge is 0.437 e. The number of hydrazine groups is 1. The zero-order chi connectivity index (χ0) is 24.3. The van der Waals surface area contributed by atoms with E-state index in [0.29, 0.717) is 18.9 Å². The fourth-order valence-corrected chi connectivity index (χ4v) is 3.98. The van der Waals surface area contributed by atoms with Crippen LogP contribution in [-0.2, 0) is 14.3 Å². The Balaban J connectivity index is 1.65. The number of carbonyl (C=O) groups excluding carboxylic acids is 2. The molecule has 1 saturated carbocycles. The number of benzene rings is 1. The first-order valence-corrected chi connectivity index (χ1v) is 10.7. The van der Waals surface area contributed by atoms with Crippen LogP contribution in [0.15, 0.2) is 23.4 Å². The Morgan fingerprint density at radius 2 is 1.70 bits per heavy atom. The van der Waals surface area contributed by atoms with Gasteiger partial charge in [0.2, 0.25) is 5.72 Å². The molecule has 1 N–H and O–H groups in total. The van der Waals surface area contributed by atoms with E-state index in [1.165, 1.54) is 0 Å². The summed E-state index contributed by atoms with van der Waals surface area (Å²) in [5.74, 6) is -5.06. The number of hydrogen-bond acceptors (Lipinski definition) is 8. The van der Waals surface area contributed by atoms with Gasteiger partial charge in [-0.25, -0.2) is 28.8 Å². The fourth-order valence-electron chi connectivity index (χ4n) is 3.95. The van der Waals surface area contributed by atoms with Crippen molar-refractivity contribution >= 4 is 23.5 Å². The van der Waals surface area contributed by atoms with Crippen LogP contribution < -0.4 is 5.43 Å². The number of hydrogen-bond donors (Lipinski definition) is 1. The molecule has 1 saturated heterocycles. The Bertz CT molecular complexity index is 900. The molecule has 13 heteroatoms. The van der Waals surface area contributed by atoms with Crippen molar-refractivity contribution in [3.63, 3.8) is 0 Å². The second-order valence-electron chi connectivity index (χ2n) is 8.09. The quantitative estimate of drug-likeness (QED) is 0.199. The van der Waals surface area contributed by atoms with Gasteiger partial charge < -0.3 is 9.47 Å². The van der Waals surface area contributed by atoms with Crippen molar-refractivity contribution in [2.24, 2.45) is 5.18 Å². The average molecular weight is 496 g/mol. The van der Waals surface area contributed by atoms with Crippen LogP contribution in [0, 0.1) is 16.5 Å². The van der Waals surface area contributed by atoms with Gasteiger partial charge in [0, 0.05) is 44.8 Å². The van der Waals surface area contributed by atoms with Gasteiger partial charge >= 0.3 is 17.3 Å². The maximum atomic E-state index is 13.9. The van der Waals surface area contributed by atoms with E-state index in [2.05, 4.69) is 10.6 Å². The summed E-state index contributed by atoms with van der Waals surface area (Å²) in [5.41, 5.74) is -0.786. The van der Waals surface area contributed by atoms with Crippen molar-refractivity contribution in [1.29, 1.82) is 0 Å². The molecule has 182 valence electrons. The van der Waals surface area contributed by atoms with Crippen LogP contribution in [0.1, 0.15) is 55.3 Å². The molecule has 2 fully saturated rings. The molecular weight excluding hydrogens is 474 g/mol. The van der Waals surface area contributed by atoms with Crippen molar-refractivity contribution in [3.05, 3.63) is 40.3 Å². The number of halogens is 5. The van der Waals surface area contributed by atoms with Crippen molar-refractivity contribution in [3.8, 4) is 0 Å². The Hall–Kier alpha value is -2.31. The highest BCUT2D eigenvalue weighted by Gasteiger charge is 2.47. The number of esters is 2. The number of alkyl halides is 3. The number of rotatable bonds is 7. The molecule has 0 amide bonds. The van der Waals surface area contributed by atoms with Gasteiger partial charge in [0.05, 0.1) is 5.56 Å². The van der Waals surface area contributed by atoms with Crippen molar-refractivity contribution < 1.29 is 36.6 Å². The highest BCUT2D eigenvalue weighted by Crippen LogP contribution is 2.35. The van der Waals surface area contributed by atoms with E-state index in [4.69, 9.17) is 21.1 Å². The summed E-state index contributed by atoms with van der Waals surface area (Å²) in [6.07, 6.45) is 2.44. The van der Waals surface area contributed by atoms with E-state index in [9.17, 15) is 32.1 Å². The number of ether oxygens (including phenoxy) is 2. The molecule has 1 aromatic carbocycles. The molecule has 8 nitrogen and oxygen atoms in total. The third-order valence-electron chi connectivity index (χ3n) is 5.69. The molecule has 1 aromatic rings. The highest BCUT2D eigenvalue weighted by molar-refractivity contribution is 6.31. The van der Waals surface area contributed by atoms with Crippen molar-refractivity contribution in [2.45, 2.75) is 61.8 Å². The van der Waals surface area contributed by atoms with Crippen LogP contribution >= 0.6 is 11.6 Å². The van der Waals surface area contributed by atoms with Gasteiger partial charge in [-0.2, -0.15) is 8.78 Å². The van der Waals surface area contributed by atoms with Crippen molar-refractivity contribution in [2.75, 3.05) is 13.1 Å². The fraction of sp³-hybridized carbons (Fsp3) is 0.600. The number of nitroso groups, excluding NO2 is 1. The molecule has 3 rings (SSSR count). The molecule has 0 aromatic heterocycles. The Kier molecular flexibility index (Phi) is 7.59. The number of nitrogens with zero attached hydrogens (tertiary/aromatic N) is 2. The van der Waals surface area contributed by atoms with Gasteiger partial charge in [-0.1, -0.05) is 6.42 Å². The summed E-state index contributed by atoms with van der Waals surface area (Å²) < 4.78 is 63.5. The normalized spacial score (nSPS) is 20.6. The van der Waals surface area contributed by atoms with Gasteiger partial charge in [-0.15, -0.1) is 4.91 Å². The lowest BCUT2D eigenvalue weighted by molar-refractivity contribution is -0.196. The molecule has 0 radical (unpaired) electrons. The van der Waals surface area contributed by atoms with E-state index in [1.54, 1.807) is 5.01 Å². The predicted molar refractivity (Wildman–Crippen MR) is 107 cm³/mol. The molecule has 0 bridgehead atoms. The molecule has 1 heterocycles. The SMILES string of the molecule is O=NC1(OC(=O)c2ccc(F)cc2F)CCN(NC2(OC(=O)C(F)(F)Cl)CCCCC2)CC1. The first-order valence-electron chi connectivity index (χ1n) is 10.3. The van der Waals surface area contributed by atoms with Crippen LogP contribution in [0.2, 0.25) is 0 Å². The summed E-state index contributed by atoms with van der Waals surface area (Å²) in [6, 6.07) is 2.29. The molecule has 1 aliphatic carbocycles.